The zero-order valence-corrected chi connectivity index (χ0v) is 12.5. The van der Waals surface area contributed by atoms with Gasteiger partial charge in [-0.15, -0.1) is 0 Å². The zero-order valence-electron chi connectivity index (χ0n) is 12.5. The van der Waals surface area contributed by atoms with E-state index >= 15 is 0 Å². The van der Waals surface area contributed by atoms with Crippen molar-refractivity contribution < 1.29 is 9.53 Å². The summed E-state index contributed by atoms with van der Waals surface area (Å²) in [6.45, 7) is 5.53. The number of ether oxygens (including phenoxy) is 1. The lowest BCUT2D eigenvalue weighted by Crippen LogP contribution is -2.29. The van der Waals surface area contributed by atoms with Gasteiger partial charge in [0.05, 0.1) is 12.0 Å². The molecule has 0 saturated carbocycles. The quantitative estimate of drug-likeness (QED) is 0.840. The number of carbonyl (C=O) groups is 1. The van der Waals surface area contributed by atoms with Crippen LogP contribution >= 0.6 is 0 Å². The molecule has 6 heteroatoms. The molecule has 0 aliphatic rings. The molecule has 0 bridgehead atoms. The Morgan fingerprint density at radius 2 is 2.14 bits per heavy atom. The fourth-order valence-electron chi connectivity index (χ4n) is 1.94. The number of imidazole rings is 1. The highest BCUT2D eigenvalue weighted by Gasteiger charge is 2.28. The van der Waals surface area contributed by atoms with Crippen LogP contribution in [0.25, 0.3) is 0 Å². The third kappa shape index (κ3) is 4.30. The van der Waals surface area contributed by atoms with Gasteiger partial charge in [-0.3, -0.25) is 4.79 Å². The monoisotopic (exact) mass is 288 g/mol. The average Bonchev–Trinajstić information content (AvgIpc) is 2.89. The van der Waals surface area contributed by atoms with E-state index in [1.54, 1.807) is 24.8 Å². The van der Waals surface area contributed by atoms with Gasteiger partial charge in [-0.2, -0.15) is 0 Å². The zero-order chi connectivity index (χ0) is 15.5. The van der Waals surface area contributed by atoms with Crippen LogP contribution in [0.3, 0.4) is 0 Å². The van der Waals surface area contributed by atoms with Gasteiger partial charge in [0.25, 0.3) is 0 Å². The van der Waals surface area contributed by atoms with E-state index in [-0.39, 0.29) is 5.97 Å². The smallest absolute Gasteiger partial charge is 0.315 e. The molecule has 2 aromatic rings. The summed E-state index contributed by atoms with van der Waals surface area (Å²) >= 11 is 0. The van der Waals surface area contributed by atoms with Crippen molar-refractivity contribution in [2.45, 2.75) is 38.7 Å². The lowest BCUT2D eigenvalue weighted by atomic mass is 9.97. The van der Waals surface area contributed by atoms with Crippen molar-refractivity contribution in [2.24, 2.45) is 0 Å². The van der Waals surface area contributed by atoms with Crippen molar-refractivity contribution in [3.05, 3.63) is 42.1 Å². The van der Waals surface area contributed by atoms with E-state index in [9.17, 15) is 4.79 Å². The van der Waals surface area contributed by atoms with Gasteiger partial charge in [0.1, 0.15) is 17.3 Å². The molecule has 2 heterocycles. The molecular formula is C15H20N4O2. The molecule has 0 spiro atoms. The first-order chi connectivity index (χ1) is 9.85. The summed E-state index contributed by atoms with van der Waals surface area (Å²) in [7, 11) is 0. The Morgan fingerprint density at radius 1 is 1.38 bits per heavy atom. The minimum atomic E-state index is -0.537. The highest BCUT2D eigenvalue weighted by molar-refractivity contribution is 5.78. The van der Waals surface area contributed by atoms with Crippen molar-refractivity contribution in [3.8, 4) is 0 Å². The maximum absolute atomic E-state index is 12.4. The molecule has 0 radical (unpaired) electrons. The third-order valence-electron chi connectivity index (χ3n) is 2.86. The number of nitrogens with two attached hydrogens (primary N) is 1. The minimum Gasteiger partial charge on any atom is -0.459 e. The number of aromatic amines is 1. The van der Waals surface area contributed by atoms with Crippen molar-refractivity contribution in [3.63, 3.8) is 0 Å². The van der Waals surface area contributed by atoms with Crippen LogP contribution in [0.15, 0.2) is 30.9 Å². The van der Waals surface area contributed by atoms with E-state index < -0.39 is 11.5 Å². The van der Waals surface area contributed by atoms with Gasteiger partial charge < -0.3 is 15.5 Å². The predicted molar refractivity (Wildman–Crippen MR) is 79.5 cm³/mol. The van der Waals surface area contributed by atoms with Crippen LogP contribution < -0.4 is 5.73 Å². The molecule has 0 aliphatic heterocycles. The number of nitrogens with zero attached hydrogens (tertiary/aromatic N) is 2. The number of aromatic nitrogens is 3. The van der Waals surface area contributed by atoms with Gasteiger partial charge in [0, 0.05) is 12.4 Å². The Bertz CT molecular complexity index is 585. The number of carbonyl (C=O) groups excluding carboxylic acids is 1. The van der Waals surface area contributed by atoms with E-state index in [2.05, 4.69) is 15.0 Å². The first-order valence-corrected chi connectivity index (χ1v) is 6.77. The second-order valence-corrected chi connectivity index (χ2v) is 5.88. The number of pyridine rings is 1. The first-order valence-electron chi connectivity index (χ1n) is 6.77. The summed E-state index contributed by atoms with van der Waals surface area (Å²) in [5, 5.41) is 0. The summed E-state index contributed by atoms with van der Waals surface area (Å²) in [4.78, 5) is 23.5. The lowest BCUT2D eigenvalue weighted by molar-refractivity contribution is -0.156. The molecule has 1 unspecified atom stereocenters. The standard InChI is InChI=1S/C15H20N4O2/c1-15(2,3)21-14(20)11(12-8-17-9-19-12)6-10-4-5-13(16)18-7-10/h4-5,7-9,11H,6H2,1-3H3,(H2,16,18)(H,17,19). The van der Waals surface area contributed by atoms with E-state index in [1.807, 2.05) is 26.8 Å². The van der Waals surface area contributed by atoms with Crippen molar-refractivity contribution in [1.29, 1.82) is 0 Å². The minimum absolute atomic E-state index is 0.300. The van der Waals surface area contributed by atoms with Crippen LogP contribution in [0.1, 0.15) is 37.9 Å². The number of nitrogens with one attached hydrogen (secondary N) is 1. The molecule has 0 aromatic carbocycles. The molecule has 112 valence electrons. The number of hydrogen-bond donors (Lipinski definition) is 2. The number of nitrogen functional groups attached to an aromatic ring is 1. The molecule has 2 aromatic heterocycles. The molecular weight excluding hydrogens is 268 g/mol. The first kappa shape index (κ1) is 15.0. The Balaban J connectivity index is 2.21. The van der Waals surface area contributed by atoms with E-state index in [0.717, 1.165) is 5.56 Å². The van der Waals surface area contributed by atoms with Crippen LogP contribution in [-0.4, -0.2) is 26.5 Å². The second-order valence-electron chi connectivity index (χ2n) is 5.88. The van der Waals surface area contributed by atoms with Crippen LogP contribution in [0.2, 0.25) is 0 Å². The number of H-pyrrole nitrogens is 1. The molecule has 0 saturated heterocycles. The summed E-state index contributed by atoms with van der Waals surface area (Å²) in [6.07, 6.45) is 5.39. The number of anilines is 1. The van der Waals surface area contributed by atoms with Crippen molar-refractivity contribution in [2.75, 3.05) is 5.73 Å². The van der Waals surface area contributed by atoms with Gasteiger partial charge >= 0.3 is 5.97 Å². The van der Waals surface area contributed by atoms with Gasteiger partial charge in [0.15, 0.2) is 0 Å². The summed E-state index contributed by atoms with van der Waals surface area (Å²) < 4.78 is 5.48. The summed E-state index contributed by atoms with van der Waals surface area (Å²) in [5.41, 5.74) is 6.60. The van der Waals surface area contributed by atoms with Crippen LogP contribution in [0.4, 0.5) is 5.82 Å². The SMILES string of the molecule is CC(C)(C)OC(=O)C(Cc1ccc(N)nc1)c1c[nH]cn1. The fourth-order valence-corrected chi connectivity index (χ4v) is 1.94. The maximum Gasteiger partial charge on any atom is 0.315 e. The van der Waals surface area contributed by atoms with E-state index in [4.69, 9.17) is 10.5 Å². The van der Waals surface area contributed by atoms with Crippen LogP contribution in [-0.2, 0) is 16.0 Å². The molecule has 2 rings (SSSR count). The number of esters is 1. The summed E-state index contributed by atoms with van der Waals surface area (Å²) in [6, 6.07) is 3.57. The molecule has 0 amide bonds. The molecule has 3 N–H and O–H groups in total. The Morgan fingerprint density at radius 3 is 2.67 bits per heavy atom. The highest BCUT2D eigenvalue weighted by atomic mass is 16.6. The Hall–Kier alpha value is -2.37. The molecule has 0 fully saturated rings. The normalized spacial score (nSPS) is 12.9. The molecule has 6 nitrogen and oxygen atoms in total. The van der Waals surface area contributed by atoms with Gasteiger partial charge in [-0.1, -0.05) is 6.07 Å². The third-order valence-corrected chi connectivity index (χ3v) is 2.86. The van der Waals surface area contributed by atoms with Gasteiger partial charge in [-0.25, -0.2) is 9.97 Å². The lowest BCUT2D eigenvalue weighted by Gasteiger charge is -2.23. The van der Waals surface area contributed by atoms with Gasteiger partial charge in [0.2, 0.25) is 0 Å². The molecule has 0 aliphatic carbocycles. The molecule has 21 heavy (non-hydrogen) atoms. The Kier molecular flexibility index (Phi) is 4.26. The Labute approximate surface area is 123 Å². The summed E-state index contributed by atoms with van der Waals surface area (Å²) in [5.74, 6) is -0.320. The fraction of sp³-hybridized carbons (Fsp3) is 0.400. The van der Waals surface area contributed by atoms with E-state index in [0.29, 0.717) is 17.9 Å². The van der Waals surface area contributed by atoms with Crippen LogP contribution in [0, 0.1) is 0 Å². The predicted octanol–water partition coefficient (Wildman–Crippen LogP) is 2.05. The van der Waals surface area contributed by atoms with Crippen LogP contribution in [0.5, 0.6) is 0 Å². The number of rotatable bonds is 4. The van der Waals surface area contributed by atoms with Crippen molar-refractivity contribution in [1.82, 2.24) is 15.0 Å². The highest BCUT2D eigenvalue weighted by Crippen LogP contribution is 2.23. The number of hydrogen-bond acceptors (Lipinski definition) is 5. The van der Waals surface area contributed by atoms with Gasteiger partial charge in [-0.05, 0) is 38.8 Å². The largest absolute Gasteiger partial charge is 0.459 e. The van der Waals surface area contributed by atoms with Crippen molar-refractivity contribution >= 4 is 11.8 Å². The maximum atomic E-state index is 12.4. The second kappa shape index (κ2) is 5.95. The average molecular weight is 288 g/mol. The molecule has 1 atom stereocenters. The van der Waals surface area contributed by atoms with E-state index in [1.165, 1.54) is 0 Å². The topological polar surface area (TPSA) is 93.9 Å².